The number of rotatable bonds is 6. The van der Waals surface area contributed by atoms with Crippen molar-refractivity contribution in [2.24, 2.45) is 0 Å². The van der Waals surface area contributed by atoms with E-state index in [-0.39, 0.29) is 34.1 Å². The Balaban J connectivity index is 1.83. The predicted molar refractivity (Wildman–Crippen MR) is 111 cm³/mol. The fourth-order valence-corrected chi connectivity index (χ4v) is 5.28. The fraction of sp³-hybridized carbons (Fsp3) is 0.316. The molecular formula is C19H23N3O6S2. The molecule has 11 heteroatoms. The van der Waals surface area contributed by atoms with E-state index >= 15 is 0 Å². The van der Waals surface area contributed by atoms with Gasteiger partial charge in [0.2, 0.25) is 20.0 Å². The van der Waals surface area contributed by atoms with Gasteiger partial charge < -0.3 is 10.1 Å². The number of amides is 1. The molecular weight excluding hydrogens is 430 g/mol. The largest absolute Gasteiger partial charge is 0.379 e. The Kier molecular flexibility index (Phi) is 6.58. The van der Waals surface area contributed by atoms with E-state index in [0.717, 1.165) is 4.31 Å². The highest BCUT2D eigenvalue weighted by Crippen LogP contribution is 2.21. The van der Waals surface area contributed by atoms with Gasteiger partial charge in [-0.05, 0) is 36.4 Å². The molecule has 0 spiro atoms. The lowest BCUT2D eigenvalue weighted by molar-refractivity contribution is 0.0730. The summed E-state index contributed by atoms with van der Waals surface area (Å²) < 4.78 is 57.8. The maximum absolute atomic E-state index is 12.8. The Hall–Kier alpha value is -2.31. The van der Waals surface area contributed by atoms with Crippen molar-refractivity contribution < 1.29 is 26.4 Å². The van der Waals surface area contributed by atoms with Gasteiger partial charge in [0.1, 0.15) is 0 Å². The molecule has 0 radical (unpaired) electrons. The number of ether oxygens (including phenoxy) is 1. The Bertz CT molecular complexity index is 1140. The van der Waals surface area contributed by atoms with E-state index in [4.69, 9.17) is 4.74 Å². The molecule has 1 amide bonds. The van der Waals surface area contributed by atoms with Crippen molar-refractivity contribution in [1.29, 1.82) is 0 Å². The van der Waals surface area contributed by atoms with Crippen molar-refractivity contribution in [1.82, 2.24) is 8.61 Å². The third-order valence-electron chi connectivity index (χ3n) is 4.57. The van der Waals surface area contributed by atoms with Crippen LogP contribution in [0.4, 0.5) is 5.69 Å². The molecule has 30 heavy (non-hydrogen) atoms. The first-order chi connectivity index (χ1) is 14.1. The minimum Gasteiger partial charge on any atom is -0.379 e. The van der Waals surface area contributed by atoms with Gasteiger partial charge in [0, 0.05) is 38.4 Å². The number of carbonyl (C=O) groups excluding carboxylic acids is 1. The van der Waals surface area contributed by atoms with Gasteiger partial charge in [-0.3, -0.25) is 4.79 Å². The van der Waals surface area contributed by atoms with Gasteiger partial charge in [-0.15, -0.1) is 0 Å². The predicted octanol–water partition coefficient (Wildman–Crippen LogP) is 1.21. The summed E-state index contributed by atoms with van der Waals surface area (Å²) in [5.74, 6) is -0.548. The van der Waals surface area contributed by atoms with E-state index < -0.39 is 26.0 Å². The number of morpholine rings is 1. The van der Waals surface area contributed by atoms with Gasteiger partial charge in [-0.2, -0.15) is 4.31 Å². The molecule has 1 aliphatic heterocycles. The van der Waals surface area contributed by atoms with Crippen LogP contribution in [0.3, 0.4) is 0 Å². The van der Waals surface area contributed by atoms with Crippen molar-refractivity contribution in [2.45, 2.75) is 9.79 Å². The van der Waals surface area contributed by atoms with Gasteiger partial charge in [0.15, 0.2) is 0 Å². The SMILES string of the molecule is CN(C)S(=O)(=O)c1cccc(NC(=O)c2cccc(S(=O)(=O)N3CCOCC3)c2)c1. The number of carbonyl (C=O) groups is 1. The molecule has 1 aliphatic rings. The van der Waals surface area contributed by atoms with Gasteiger partial charge in [-0.1, -0.05) is 12.1 Å². The third-order valence-corrected chi connectivity index (χ3v) is 8.28. The van der Waals surface area contributed by atoms with Crippen LogP contribution in [0.5, 0.6) is 0 Å². The number of hydrogen-bond acceptors (Lipinski definition) is 6. The van der Waals surface area contributed by atoms with Crippen LogP contribution in [0.15, 0.2) is 58.3 Å². The van der Waals surface area contributed by atoms with Crippen LogP contribution in [-0.2, 0) is 24.8 Å². The number of anilines is 1. The Morgan fingerprint density at radius 3 is 2.27 bits per heavy atom. The second-order valence-corrected chi connectivity index (χ2v) is 10.9. The molecule has 1 saturated heterocycles. The molecule has 3 rings (SSSR count). The second kappa shape index (κ2) is 8.82. The molecule has 2 aromatic rings. The second-order valence-electron chi connectivity index (χ2n) is 6.81. The zero-order valence-electron chi connectivity index (χ0n) is 16.6. The summed E-state index contributed by atoms with van der Waals surface area (Å²) in [4.78, 5) is 12.7. The lowest BCUT2D eigenvalue weighted by atomic mass is 10.2. The quantitative estimate of drug-likeness (QED) is 0.703. The molecule has 0 bridgehead atoms. The molecule has 1 fully saturated rings. The Morgan fingerprint density at radius 2 is 1.60 bits per heavy atom. The van der Waals surface area contributed by atoms with Crippen molar-refractivity contribution in [3.05, 3.63) is 54.1 Å². The topological polar surface area (TPSA) is 113 Å². The highest BCUT2D eigenvalue weighted by atomic mass is 32.2. The lowest BCUT2D eigenvalue weighted by Crippen LogP contribution is -2.40. The van der Waals surface area contributed by atoms with Gasteiger partial charge in [-0.25, -0.2) is 21.1 Å². The van der Waals surface area contributed by atoms with Crippen LogP contribution in [0.2, 0.25) is 0 Å². The summed E-state index contributed by atoms with van der Waals surface area (Å²) in [6.45, 7) is 1.16. The smallest absolute Gasteiger partial charge is 0.255 e. The monoisotopic (exact) mass is 453 g/mol. The maximum atomic E-state index is 12.8. The van der Waals surface area contributed by atoms with E-state index in [2.05, 4.69) is 5.32 Å². The first kappa shape index (κ1) is 22.4. The highest BCUT2D eigenvalue weighted by molar-refractivity contribution is 7.89. The zero-order chi connectivity index (χ0) is 21.9. The minimum atomic E-state index is -3.74. The van der Waals surface area contributed by atoms with E-state index in [1.807, 2.05) is 0 Å². The lowest BCUT2D eigenvalue weighted by Gasteiger charge is -2.26. The molecule has 0 aromatic heterocycles. The molecule has 9 nitrogen and oxygen atoms in total. The molecule has 162 valence electrons. The zero-order valence-corrected chi connectivity index (χ0v) is 18.2. The molecule has 2 aromatic carbocycles. The minimum absolute atomic E-state index is 0.0148. The standard InChI is InChI=1S/C19H23N3O6S2/c1-21(2)29(24,25)18-8-4-6-16(14-18)20-19(23)15-5-3-7-17(13-15)30(26,27)22-9-11-28-12-10-22/h3-8,13-14H,9-12H2,1-2H3,(H,20,23). The molecule has 0 unspecified atom stereocenters. The average Bonchev–Trinajstić information content (AvgIpc) is 2.74. The number of nitrogens with one attached hydrogen (secondary N) is 1. The van der Waals surface area contributed by atoms with Gasteiger partial charge in [0.25, 0.3) is 5.91 Å². The van der Waals surface area contributed by atoms with E-state index in [0.29, 0.717) is 13.2 Å². The summed E-state index contributed by atoms with van der Waals surface area (Å²) >= 11 is 0. The third kappa shape index (κ3) is 4.71. The Morgan fingerprint density at radius 1 is 0.967 bits per heavy atom. The molecule has 1 N–H and O–H groups in total. The highest BCUT2D eigenvalue weighted by Gasteiger charge is 2.27. The van der Waals surface area contributed by atoms with Crippen LogP contribution >= 0.6 is 0 Å². The van der Waals surface area contributed by atoms with Crippen LogP contribution in [0.1, 0.15) is 10.4 Å². The van der Waals surface area contributed by atoms with Crippen LogP contribution in [-0.4, -0.2) is 71.8 Å². The number of benzene rings is 2. The van der Waals surface area contributed by atoms with Crippen LogP contribution in [0, 0.1) is 0 Å². The van der Waals surface area contributed by atoms with Crippen molar-refractivity contribution in [3.63, 3.8) is 0 Å². The normalized spacial score (nSPS) is 15.8. The van der Waals surface area contributed by atoms with Crippen LogP contribution in [0.25, 0.3) is 0 Å². The molecule has 1 heterocycles. The van der Waals surface area contributed by atoms with Crippen molar-refractivity contribution >= 4 is 31.6 Å². The fourth-order valence-electron chi connectivity index (χ4n) is 2.88. The van der Waals surface area contributed by atoms with Crippen LogP contribution < -0.4 is 5.32 Å². The summed E-state index contributed by atoms with van der Waals surface area (Å²) in [6.07, 6.45) is 0. The summed E-state index contributed by atoms with van der Waals surface area (Å²) in [5.41, 5.74) is 0.426. The first-order valence-corrected chi connectivity index (χ1v) is 12.0. The van der Waals surface area contributed by atoms with E-state index in [9.17, 15) is 21.6 Å². The number of sulfonamides is 2. The molecule has 0 aliphatic carbocycles. The van der Waals surface area contributed by atoms with Gasteiger partial charge >= 0.3 is 0 Å². The van der Waals surface area contributed by atoms with E-state index in [1.54, 1.807) is 6.07 Å². The van der Waals surface area contributed by atoms with Crippen molar-refractivity contribution in [2.75, 3.05) is 45.7 Å². The first-order valence-electron chi connectivity index (χ1n) is 9.14. The summed E-state index contributed by atoms with van der Waals surface area (Å²) in [6, 6.07) is 11.6. The molecule has 0 saturated carbocycles. The summed E-state index contributed by atoms with van der Waals surface area (Å²) in [7, 11) is -4.55. The van der Waals surface area contributed by atoms with Gasteiger partial charge in [0.05, 0.1) is 23.0 Å². The average molecular weight is 454 g/mol. The number of hydrogen-bond donors (Lipinski definition) is 1. The summed E-state index contributed by atoms with van der Waals surface area (Å²) in [5, 5.41) is 2.62. The Labute approximate surface area is 176 Å². The number of nitrogens with zero attached hydrogens (tertiary/aromatic N) is 2. The van der Waals surface area contributed by atoms with E-state index in [1.165, 1.54) is 60.9 Å². The maximum Gasteiger partial charge on any atom is 0.255 e. The molecule has 0 atom stereocenters. The van der Waals surface area contributed by atoms with Crippen molar-refractivity contribution in [3.8, 4) is 0 Å².